The summed E-state index contributed by atoms with van der Waals surface area (Å²) in [4.78, 5) is 10.8. The highest BCUT2D eigenvalue weighted by atomic mass is 16.6. The standard InChI is InChI=1S/C12H10O4/c13-9-5-3-1-2-4-6-10(14)11-7-8-12(15)16-11/h10-11,13-14H,7-9H2. The lowest BCUT2D eigenvalue weighted by Crippen LogP contribution is -2.23. The molecule has 0 aromatic carbocycles. The first-order chi connectivity index (χ1) is 7.74. The molecular weight excluding hydrogens is 208 g/mol. The number of cyclic esters (lactones) is 1. The Kier molecular flexibility index (Phi) is 4.96. The Labute approximate surface area is 93.6 Å². The van der Waals surface area contributed by atoms with E-state index in [0.717, 1.165) is 0 Å². The molecule has 1 fully saturated rings. The van der Waals surface area contributed by atoms with Gasteiger partial charge in [0.2, 0.25) is 0 Å². The van der Waals surface area contributed by atoms with E-state index in [4.69, 9.17) is 9.84 Å². The molecule has 0 bridgehead atoms. The van der Waals surface area contributed by atoms with Crippen molar-refractivity contribution in [2.24, 2.45) is 0 Å². The summed E-state index contributed by atoms with van der Waals surface area (Å²) < 4.78 is 4.82. The van der Waals surface area contributed by atoms with E-state index in [2.05, 4.69) is 35.5 Å². The molecule has 2 atom stereocenters. The molecule has 82 valence electrons. The molecule has 2 N–H and O–H groups in total. The second-order valence-corrected chi connectivity index (χ2v) is 2.99. The van der Waals surface area contributed by atoms with Gasteiger partial charge in [-0.15, -0.1) is 0 Å². The molecule has 0 saturated carbocycles. The van der Waals surface area contributed by atoms with Crippen LogP contribution in [0, 0.1) is 35.5 Å². The van der Waals surface area contributed by atoms with Crippen LogP contribution in [0.3, 0.4) is 0 Å². The van der Waals surface area contributed by atoms with Crippen LogP contribution in [0.5, 0.6) is 0 Å². The topological polar surface area (TPSA) is 66.8 Å². The van der Waals surface area contributed by atoms with E-state index in [1.54, 1.807) is 0 Å². The van der Waals surface area contributed by atoms with Crippen molar-refractivity contribution in [3.63, 3.8) is 0 Å². The number of rotatable bonds is 1. The molecule has 0 spiro atoms. The van der Waals surface area contributed by atoms with Crippen molar-refractivity contribution >= 4 is 5.97 Å². The molecule has 0 aromatic rings. The minimum atomic E-state index is -1.01. The highest BCUT2D eigenvalue weighted by Crippen LogP contribution is 2.16. The van der Waals surface area contributed by atoms with Crippen molar-refractivity contribution in [1.29, 1.82) is 0 Å². The number of carbonyl (C=O) groups excluding carboxylic acids is 1. The van der Waals surface area contributed by atoms with Crippen LogP contribution in [0.1, 0.15) is 12.8 Å². The molecule has 0 aliphatic carbocycles. The van der Waals surface area contributed by atoms with E-state index in [-0.39, 0.29) is 12.6 Å². The van der Waals surface area contributed by atoms with Gasteiger partial charge >= 0.3 is 5.97 Å². The Balaban J connectivity index is 2.44. The summed E-state index contributed by atoms with van der Waals surface area (Å²) in [6, 6.07) is 0. The molecule has 1 saturated heterocycles. The van der Waals surface area contributed by atoms with Gasteiger partial charge in [0.1, 0.15) is 12.7 Å². The molecule has 1 aliphatic rings. The van der Waals surface area contributed by atoms with Gasteiger partial charge in [0.15, 0.2) is 6.10 Å². The van der Waals surface area contributed by atoms with Crippen LogP contribution in [0.2, 0.25) is 0 Å². The second-order valence-electron chi connectivity index (χ2n) is 2.99. The van der Waals surface area contributed by atoms with E-state index in [1.165, 1.54) is 0 Å². The zero-order valence-corrected chi connectivity index (χ0v) is 8.49. The van der Waals surface area contributed by atoms with Gasteiger partial charge in [0.25, 0.3) is 0 Å². The number of hydrogen-bond donors (Lipinski definition) is 2. The highest BCUT2D eigenvalue weighted by Gasteiger charge is 2.28. The summed E-state index contributed by atoms with van der Waals surface area (Å²) in [5.74, 6) is 14.0. The first-order valence-electron chi connectivity index (χ1n) is 4.71. The van der Waals surface area contributed by atoms with E-state index in [9.17, 15) is 9.90 Å². The van der Waals surface area contributed by atoms with Crippen molar-refractivity contribution in [3.05, 3.63) is 0 Å². The quantitative estimate of drug-likeness (QED) is 0.440. The largest absolute Gasteiger partial charge is 0.458 e. The molecule has 0 radical (unpaired) electrons. The Hall–Kier alpha value is -1.93. The molecule has 1 rings (SSSR count). The molecule has 0 aromatic heterocycles. The predicted molar refractivity (Wildman–Crippen MR) is 55.5 cm³/mol. The lowest BCUT2D eigenvalue weighted by molar-refractivity contribution is -0.143. The Morgan fingerprint density at radius 3 is 2.75 bits per heavy atom. The fraction of sp³-hybridized carbons (Fsp3) is 0.417. The number of esters is 1. The van der Waals surface area contributed by atoms with E-state index in [1.807, 2.05) is 0 Å². The Morgan fingerprint density at radius 1 is 1.38 bits per heavy atom. The first kappa shape index (κ1) is 12.1. The van der Waals surface area contributed by atoms with Crippen LogP contribution in [0.15, 0.2) is 0 Å². The zero-order chi connectivity index (χ0) is 11.8. The molecule has 16 heavy (non-hydrogen) atoms. The minimum absolute atomic E-state index is 0.247. The maximum Gasteiger partial charge on any atom is 0.306 e. The highest BCUT2D eigenvalue weighted by molar-refractivity contribution is 5.71. The molecule has 1 aliphatic heterocycles. The second kappa shape index (κ2) is 6.53. The van der Waals surface area contributed by atoms with Gasteiger partial charge in [0, 0.05) is 6.42 Å². The number of hydrogen-bond acceptors (Lipinski definition) is 4. The number of aliphatic hydroxyl groups excluding tert-OH is 2. The monoisotopic (exact) mass is 218 g/mol. The number of ether oxygens (including phenoxy) is 1. The number of carbonyl (C=O) groups is 1. The summed E-state index contributed by atoms with van der Waals surface area (Å²) in [5, 5.41) is 17.8. The molecule has 4 heteroatoms. The van der Waals surface area contributed by atoms with Crippen molar-refractivity contribution in [2.75, 3.05) is 6.61 Å². The SMILES string of the molecule is O=C1CCC(C(O)C#CC#CC#CCO)O1. The van der Waals surface area contributed by atoms with Gasteiger partial charge in [-0.2, -0.15) is 0 Å². The minimum Gasteiger partial charge on any atom is -0.458 e. The molecular formula is C12H10O4. The predicted octanol–water partition coefficient (Wildman–Crippen LogP) is -0.945. The third kappa shape index (κ3) is 4.07. The lowest BCUT2D eigenvalue weighted by atomic mass is 10.1. The number of aliphatic hydroxyl groups is 2. The first-order valence-corrected chi connectivity index (χ1v) is 4.71. The van der Waals surface area contributed by atoms with Crippen LogP contribution in [0.25, 0.3) is 0 Å². The van der Waals surface area contributed by atoms with E-state index in [0.29, 0.717) is 12.8 Å². The maximum atomic E-state index is 10.8. The maximum absolute atomic E-state index is 10.8. The summed E-state index contributed by atoms with van der Waals surface area (Å²) >= 11 is 0. The Bertz CT molecular complexity index is 433. The van der Waals surface area contributed by atoms with Crippen molar-refractivity contribution in [1.82, 2.24) is 0 Å². The summed E-state index contributed by atoms with van der Waals surface area (Å²) in [5.41, 5.74) is 0. The summed E-state index contributed by atoms with van der Waals surface area (Å²) in [6.45, 7) is -0.247. The normalized spacial score (nSPS) is 19.1. The van der Waals surface area contributed by atoms with Crippen molar-refractivity contribution in [3.8, 4) is 35.5 Å². The third-order valence-electron chi connectivity index (χ3n) is 1.84. The summed E-state index contributed by atoms with van der Waals surface area (Å²) in [6.07, 6.45) is -0.763. The average molecular weight is 218 g/mol. The van der Waals surface area contributed by atoms with E-state index < -0.39 is 12.2 Å². The van der Waals surface area contributed by atoms with E-state index >= 15 is 0 Å². The molecule has 4 nitrogen and oxygen atoms in total. The van der Waals surface area contributed by atoms with Crippen LogP contribution in [0.4, 0.5) is 0 Å². The molecule has 0 amide bonds. The third-order valence-corrected chi connectivity index (χ3v) is 1.84. The fourth-order valence-corrected chi connectivity index (χ4v) is 1.12. The van der Waals surface area contributed by atoms with Gasteiger partial charge in [-0.3, -0.25) is 4.79 Å². The van der Waals surface area contributed by atoms with Gasteiger partial charge < -0.3 is 14.9 Å². The van der Waals surface area contributed by atoms with Gasteiger partial charge in [-0.1, -0.05) is 11.8 Å². The molecule has 2 unspecified atom stereocenters. The zero-order valence-electron chi connectivity index (χ0n) is 8.49. The fourth-order valence-electron chi connectivity index (χ4n) is 1.12. The smallest absolute Gasteiger partial charge is 0.306 e. The van der Waals surface area contributed by atoms with Gasteiger partial charge in [-0.25, -0.2) is 0 Å². The van der Waals surface area contributed by atoms with Crippen LogP contribution < -0.4 is 0 Å². The summed E-state index contributed by atoms with van der Waals surface area (Å²) in [7, 11) is 0. The van der Waals surface area contributed by atoms with Gasteiger partial charge in [-0.05, 0) is 30.1 Å². The average Bonchev–Trinajstić information content (AvgIpc) is 2.70. The Morgan fingerprint density at radius 2 is 2.12 bits per heavy atom. The lowest BCUT2D eigenvalue weighted by Gasteiger charge is -2.09. The van der Waals surface area contributed by atoms with Crippen LogP contribution in [-0.2, 0) is 9.53 Å². The van der Waals surface area contributed by atoms with Crippen LogP contribution >= 0.6 is 0 Å². The van der Waals surface area contributed by atoms with Gasteiger partial charge in [0.05, 0.1) is 0 Å². The van der Waals surface area contributed by atoms with Crippen molar-refractivity contribution in [2.45, 2.75) is 25.0 Å². The van der Waals surface area contributed by atoms with Crippen LogP contribution in [-0.4, -0.2) is 35.0 Å². The molecule has 1 heterocycles. The van der Waals surface area contributed by atoms with Crippen molar-refractivity contribution < 1.29 is 19.7 Å².